The number of hydrogen-bond acceptors (Lipinski definition) is 1. The SMILES string of the molecule is CC(C)Oc1ccc([Si](CCC(F)(F)C(F)(F)C(F)(F)C(F)(F)C(F)(F)C(F)(F)C(F)(F)C(F)(F)F)(CCC(F)(F)C(F)(F)C(F)(F)C(F)(F)C(F)(F)C(F)(F)C(F)(F)C(F)(F)F)CCC(F)(F)C(F)(F)C(F)(F)C(F)(F)C(F)(F)C(F)(F)C(F)(F)C(F)(F)F)cc1. The highest BCUT2D eigenvalue weighted by Gasteiger charge is 2.99. The third kappa shape index (κ3) is 12.1. The largest absolute Gasteiger partial charge is 0.491 e. The fourth-order valence-corrected chi connectivity index (χ4v) is 12.1. The summed E-state index contributed by atoms with van der Waals surface area (Å²) in [6, 6.07) is -12.9. The third-order valence-corrected chi connectivity index (χ3v) is 18.1. The summed E-state index contributed by atoms with van der Waals surface area (Å²) in [6.45, 7) is 1.68. The molecule has 1 aromatic rings. The molecule has 0 fully saturated rings. The predicted octanol–water partition coefficient (Wildman–Crippen LogP) is 20.3. The van der Waals surface area contributed by atoms with E-state index < -0.39 is 218 Å². The molecule has 92 heavy (non-hydrogen) atoms. The summed E-state index contributed by atoms with van der Waals surface area (Å²) in [5.74, 6) is -195. The van der Waals surface area contributed by atoms with Gasteiger partial charge < -0.3 is 4.74 Å². The van der Waals surface area contributed by atoms with Gasteiger partial charge in [0.15, 0.2) is 0 Å². The van der Waals surface area contributed by atoms with E-state index in [2.05, 4.69) is 0 Å². The van der Waals surface area contributed by atoms with Gasteiger partial charge in [-0.25, -0.2) is 0 Å². The van der Waals surface area contributed by atoms with Gasteiger partial charge in [0, 0.05) is 19.3 Å². The molecule has 0 spiro atoms. The molecule has 0 unspecified atom stereocenters. The molecule has 1 aromatic carbocycles. The fraction of sp³-hybridized carbons (Fsp3) is 0.846. The van der Waals surface area contributed by atoms with Crippen molar-refractivity contribution >= 4 is 13.3 Å². The summed E-state index contributed by atoms with van der Waals surface area (Å²) >= 11 is 0. The Balaban J connectivity index is 4.81. The third-order valence-electron chi connectivity index (χ3n) is 13.0. The Kier molecular flexibility index (Phi) is 21.6. The number of ether oxygens (including phenoxy) is 1. The van der Waals surface area contributed by atoms with Crippen LogP contribution < -0.4 is 9.92 Å². The van der Waals surface area contributed by atoms with Crippen molar-refractivity contribution in [1.82, 2.24) is 0 Å². The second kappa shape index (κ2) is 23.2. The molecule has 0 N–H and O–H groups in total. The molecule has 0 aliphatic rings. The molecule has 0 bridgehead atoms. The lowest BCUT2D eigenvalue weighted by atomic mass is 9.88. The lowest BCUT2D eigenvalue weighted by molar-refractivity contribution is -0.461. The average molecular weight is 1500 g/mol. The van der Waals surface area contributed by atoms with Gasteiger partial charge in [0.1, 0.15) is 5.75 Å². The highest BCUT2D eigenvalue weighted by Crippen LogP contribution is 2.69. The number of hydrogen-bond donors (Lipinski definition) is 0. The van der Waals surface area contributed by atoms with Crippen LogP contribution in [-0.4, -0.2) is 157 Å². The van der Waals surface area contributed by atoms with E-state index >= 15 is 52.7 Å². The zero-order valence-corrected chi connectivity index (χ0v) is 43.3. The van der Waals surface area contributed by atoms with Gasteiger partial charge in [-0.2, -0.15) is 224 Å². The van der Waals surface area contributed by atoms with Crippen molar-refractivity contribution in [3.63, 3.8) is 0 Å². The standard InChI is InChI=1S/C39H23F51OSi/c1-13(2)91-14-3-5-15(6-4-14)92(10-7-16(40,41)19(46,47)22(52,53)25(58,59)28(64,65)31(70,71)34(76,77)37(82,83)84,11-8-17(42,43)20(48,49)23(54,55)26(60,61)29(66,67)32(72,73)35(78,79)38(85,86)87)12-9-18(44,45)21(50,51)24(56,57)27(62,63)30(68,69)33(74,75)36(80,81)39(88,89)90/h3-6,13H,7-12H2,1-2H3. The topological polar surface area (TPSA) is 9.23 Å². The van der Waals surface area contributed by atoms with Crippen molar-refractivity contribution in [2.75, 3.05) is 0 Å². The van der Waals surface area contributed by atoms with Gasteiger partial charge in [-0.3, -0.25) is 0 Å². The Bertz CT molecular complexity index is 2440. The van der Waals surface area contributed by atoms with E-state index in [0.29, 0.717) is 0 Å². The van der Waals surface area contributed by atoms with E-state index in [1.54, 1.807) is 0 Å². The van der Waals surface area contributed by atoms with Crippen LogP contribution in [0.2, 0.25) is 18.1 Å². The number of halogens is 51. The van der Waals surface area contributed by atoms with Crippen LogP contribution in [0.3, 0.4) is 0 Å². The monoisotopic (exact) mass is 1500 g/mol. The first-order valence-electron chi connectivity index (χ1n) is 22.2. The van der Waals surface area contributed by atoms with Gasteiger partial charge in [-0.15, -0.1) is 0 Å². The van der Waals surface area contributed by atoms with Crippen molar-refractivity contribution in [3.8, 4) is 5.75 Å². The minimum atomic E-state index is -9.69. The summed E-state index contributed by atoms with van der Waals surface area (Å²) in [5, 5.41) is -2.33. The van der Waals surface area contributed by atoms with E-state index in [1.165, 1.54) is 0 Å². The molecule has 1 rings (SSSR count). The highest BCUT2D eigenvalue weighted by atomic mass is 28.3. The first-order valence-corrected chi connectivity index (χ1v) is 24.8. The fourth-order valence-electron chi connectivity index (χ4n) is 7.22. The van der Waals surface area contributed by atoms with Gasteiger partial charge in [-0.1, -0.05) is 17.3 Å². The summed E-state index contributed by atoms with van der Waals surface area (Å²) < 4.78 is 725. The van der Waals surface area contributed by atoms with Gasteiger partial charge in [0.05, 0.1) is 14.2 Å². The molecular weight excluding hydrogens is 1480 g/mol. The zero-order chi connectivity index (χ0) is 75.0. The van der Waals surface area contributed by atoms with Crippen LogP contribution in [0.1, 0.15) is 33.1 Å². The number of rotatable bonds is 30. The minimum absolute atomic E-state index is 0.182. The van der Waals surface area contributed by atoms with Crippen molar-refractivity contribution in [2.45, 2.75) is 200 Å². The Morgan fingerprint density at radius 2 is 0.391 bits per heavy atom. The van der Waals surface area contributed by atoms with Crippen LogP contribution in [0.5, 0.6) is 5.75 Å². The maximum Gasteiger partial charge on any atom is 0.460 e. The molecule has 0 heterocycles. The van der Waals surface area contributed by atoms with Crippen LogP contribution in [0.25, 0.3) is 0 Å². The summed E-state index contributed by atoms with van der Waals surface area (Å²) in [5.41, 5.74) is 0. The van der Waals surface area contributed by atoms with Gasteiger partial charge in [-0.05, 0) is 44.1 Å². The molecular formula is C39H23F51OSi. The Morgan fingerprint density at radius 1 is 0.239 bits per heavy atom. The van der Waals surface area contributed by atoms with Crippen molar-refractivity contribution in [3.05, 3.63) is 24.3 Å². The first-order chi connectivity index (χ1) is 39.3. The van der Waals surface area contributed by atoms with Gasteiger partial charge in [0.25, 0.3) is 0 Å². The molecule has 53 heteroatoms. The molecule has 0 atom stereocenters. The molecule has 0 saturated heterocycles. The normalized spacial score (nSPS) is 16.7. The molecule has 0 saturated carbocycles. The molecule has 0 aromatic heterocycles. The van der Waals surface area contributed by atoms with Crippen LogP contribution in [0.15, 0.2) is 24.3 Å². The molecule has 0 aliphatic carbocycles. The van der Waals surface area contributed by atoms with E-state index in [-0.39, 0.29) is 12.1 Å². The number of alkyl halides is 51. The molecule has 546 valence electrons. The maximum atomic E-state index is 15.5. The molecule has 0 radical (unpaired) electrons. The summed E-state index contributed by atoms with van der Waals surface area (Å²) in [7, 11) is -7.72. The predicted molar refractivity (Wildman–Crippen MR) is 198 cm³/mol. The Morgan fingerprint density at radius 3 is 0.543 bits per heavy atom. The molecule has 1 nitrogen and oxygen atoms in total. The smallest absolute Gasteiger partial charge is 0.460 e. The summed E-state index contributed by atoms with van der Waals surface area (Å²) in [4.78, 5) is 0. The Labute approximate surface area is 472 Å². The number of benzene rings is 1. The zero-order valence-electron chi connectivity index (χ0n) is 42.3. The van der Waals surface area contributed by atoms with E-state index in [1.807, 2.05) is 0 Å². The molecule has 0 aliphatic heterocycles. The second-order valence-electron chi connectivity index (χ2n) is 19.4. The minimum Gasteiger partial charge on any atom is -0.491 e. The average Bonchev–Trinajstić information content (AvgIpc) is 0.709. The highest BCUT2D eigenvalue weighted by molar-refractivity contribution is 6.92. The van der Waals surface area contributed by atoms with E-state index in [0.717, 1.165) is 13.8 Å². The van der Waals surface area contributed by atoms with Crippen molar-refractivity contribution in [2.24, 2.45) is 0 Å². The lowest BCUT2D eigenvalue weighted by Gasteiger charge is -2.44. The van der Waals surface area contributed by atoms with Gasteiger partial charge >= 0.3 is 143 Å². The summed E-state index contributed by atoms with van der Waals surface area (Å²) in [6.07, 6.45) is -40.5. The van der Waals surface area contributed by atoms with Crippen LogP contribution >= 0.6 is 0 Å². The van der Waals surface area contributed by atoms with Crippen LogP contribution in [-0.2, 0) is 0 Å². The maximum absolute atomic E-state index is 15.5. The van der Waals surface area contributed by atoms with E-state index in [9.17, 15) is 171 Å². The van der Waals surface area contributed by atoms with E-state index in [4.69, 9.17) is 4.74 Å². The quantitative estimate of drug-likeness (QED) is 0.0551. The Hall–Kier alpha value is -4.33. The van der Waals surface area contributed by atoms with Crippen LogP contribution in [0.4, 0.5) is 224 Å². The lowest BCUT2D eigenvalue weighted by Crippen LogP contribution is -2.74. The second-order valence-corrected chi connectivity index (χ2v) is 24.1. The van der Waals surface area contributed by atoms with Crippen molar-refractivity contribution < 1.29 is 229 Å². The first kappa shape index (κ1) is 85.7. The van der Waals surface area contributed by atoms with Crippen LogP contribution in [0, 0.1) is 0 Å². The van der Waals surface area contributed by atoms with Crippen molar-refractivity contribution in [1.29, 1.82) is 0 Å². The van der Waals surface area contributed by atoms with Gasteiger partial charge in [0.2, 0.25) is 0 Å². The molecule has 0 amide bonds.